The number of piperidine rings is 1. The van der Waals surface area contributed by atoms with Gasteiger partial charge in [0.2, 0.25) is 11.8 Å². The summed E-state index contributed by atoms with van der Waals surface area (Å²) in [5.74, 6) is 0.861. The van der Waals surface area contributed by atoms with E-state index < -0.39 is 0 Å². The van der Waals surface area contributed by atoms with Crippen LogP contribution in [0.25, 0.3) is 0 Å². The highest BCUT2D eigenvalue weighted by Gasteiger charge is 2.42. The quantitative estimate of drug-likeness (QED) is 0.704. The van der Waals surface area contributed by atoms with Gasteiger partial charge >= 0.3 is 0 Å². The first-order chi connectivity index (χ1) is 9.58. The molecule has 0 N–H and O–H groups in total. The molecular formula is C15H25N3O2. The molecule has 3 saturated heterocycles. The smallest absolute Gasteiger partial charge is 0.245 e. The van der Waals surface area contributed by atoms with Crippen LogP contribution in [-0.2, 0) is 9.59 Å². The predicted octanol–water partition coefficient (Wildman–Crippen LogP) is 0.550. The summed E-state index contributed by atoms with van der Waals surface area (Å²) < 4.78 is 0. The van der Waals surface area contributed by atoms with E-state index in [9.17, 15) is 9.59 Å². The Hall–Kier alpha value is -1.10. The molecule has 3 aliphatic rings. The third-order valence-corrected chi connectivity index (χ3v) is 5.17. The molecule has 3 heterocycles. The van der Waals surface area contributed by atoms with E-state index >= 15 is 0 Å². The number of hydrogen-bond acceptors (Lipinski definition) is 3. The average molecular weight is 279 g/mol. The van der Waals surface area contributed by atoms with Gasteiger partial charge in [-0.1, -0.05) is 6.92 Å². The molecule has 3 atom stereocenters. The maximum atomic E-state index is 12.8. The van der Waals surface area contributed by atoms with Crippen molar-refractivity contribution in [1.82, 2.24) is 14.7 Å². The number of fused-ring (bicyclic) bond motifs is 1. The summed E-state index contributed by atoms with van der Waals surface area (Å²) in [5, 5.41) is 0. The lowest BCUT2D eigenvalue weighted by Gasteiger charge is -2.42. The zero-order valence-electron chi connectivity index (χ0n) is 12.5. The second kappa shape index (κ2) is 5.35. The Morgan fingerprint density at radius 3 is 2.60 bits per heavy atom. The maximum Gasteiger partial charge on any atom is 0.245 e. The minimum atomic E-state index is -0.170. The van der Waals surface area contributed by atoms with Gasteiger partial charge in [-0.2, -0.15) is 0 Å². The minimum absolute atomic E-state index is 0.170. The van der Waals surface area contributed by atoms with Crippen LogP contribution in [0.2, 0.25) is 0 Å². The van der Waals surface area contributed by atoms with Gasteiger partial charge < -0.3 is 14.7 Å². The Balaban J connectivity index is 1.79. The Kier molecular flexibility index (Phi) is 3.71. The molecule has 3 fully saturated rings. The third kappa shape index (κ3) is 2.32. The molecule has 112 valence electrons. The molecule has 0 aliphatic carbocycles. The lowest BCUT2D eigenvalue weighted by atomic mass is 9.92. The fraction of sp³-hybridized carbons (Fsp3) is 0.867. The van der Waals surface area contributed by atoms with Gasteiger partial charge in [-0.3, -0.25) is 9.59 Å². The molecule has 5 nitrogen and oxygen atoms in total. The van der Waals surface area contributed by atoms with E-state index in [4.69, 9.17) is 0 Å². The molecule has 3 aliphatic heterocycles. The zero-order valence-corrected chi connectivity index (χ0v) is 12.5. The number of carbonyl (C=O) groups is 2. The first-order valence-corrected chi connectivity index (χ1v) is 7.86. The van der Waals surface area contributed by atoms with Gasteiger partial charge in [0.05, 0.1) is 0 Å². The summed E-state index contributed by atoms with van der Waals surface area (Å²) in [5.41, 5.74) is 0. The minimum Gasteiger partial charge on any atom is -0.337 e. The highest BCUT2D eigenvalue weighted by atomic mass is 16.2. The van der Waals surface area contributed by atoms with Gasteiger partial charge in [-0.05, 0) is 38.8 Å². The van der Waals surface area contributed by atoms with Crippen LogP contribution in [0.3, 0.4) is 0 Å². The second-order valence-electron chi connectivity index (χ2n) is 6.62. The lowest BCUT2D eigenvalue weighted by Crippen LogP contribution is -2.54. The molecule has 0 aromatic heterocycles. The normalized spacial score (nSPS) is 36.2. The molecular weight excluding hydrogens is 254 g/mol. The Bertz CT molecular complexity index is 412. The predicted molar refractivity (Wildman–Crippen MR) is 76.1 cm³/mol. The summed E-state index contributed by atoms with van der Waals surface area (Å²) in [7, 11) is 2.14. The molecule has 0 radical (unpaired) electrons. The highest BCUT2D eigenvalue weighted by Crippen LogP contribution is 2.28. The Labute approximate surface area is 120 Å². The van der Waals surface area contributed by atoms with Gasteiger partial charge in [-0.15, -0.1) is 0 Å². The van der Waals surface area contributed by atoms with Crippen LogP contribution in [0.15, 0.2) is 0 Å². The van der Waals surface area contributed by atoms with Gasteiger partial charge in [0.15, 0.2) is 0 Å². The number of nitrogens with zero attached hydrogens (tertiary/aromatic N) is 3. The monoisotopic (exact) mass is 279 g/mol. The van der Waals surface area contributed by atoms with E-state index in [2.05, 4.69) is 18.9 Å². The highest BCUT2D eigenvalue weighted by molar-refractivity contribution is 5.90. The van der Waals surface area contributed by atoms with Crippen LogP contribution >= 0.6 is 0 Å². The summed E-state index contributed by atoms with van der Waals surface area (Å²) >= 11 is 0. The zero-order chi connectivity index (χ0) is 14.3. The fourth-order valence-electron chi connectivity index (χ4n) is 4.12. The standard InChI is InChI=1S/C15H25N3O2/c1-11-10-16(2)8-5-12(11)18-9-6-14(19)17-7-3-4-13(17)15(18)20/h11-13H,3-10H2,1-2H3. The lowest BCUT2D eigenvalue weighted by molar-refractivity contribution is -0.142. The molecule has 0 aromatic rings. The molecule has 3 rings (SSSR count). The molecule has 3 unspecified atom stereocenters. The van der Waals surface area contributed by atoms with Crippen LogP contribution < -0.4 is 0 Å². The number of carbonyl (C=O) groups excluding carboxylic acids is 2. The van der Waals surface area contributed by atoms with Crippen molar-refractivity contribution in [3.63, 3.8) is 0 Å². The fourth-order valence-corrected chi connectivity index (χ4v) is 4.12. The van der Waals surface area contributed by atoms with Crippen molar-refractivity contribution >= 4 is 11.8 Å². The van der Waals surface area contributed by atoms with Crippen molar-refractivity contribution in [3.05, 3.63) is 0 Å². The largest absolute Gasteiger partial charge is 0.337 e. The van der Waals surface area contributed by atoms with E-state index in [0.29, 0.717) is 24.9 Å². The summed E-state index contributed by atoms with van der Waals surface area (Å²) in [6.45, 7) is 5.69. The molecule has 2 amide bonds. The van der Waals surface area contributed by atoms with E-state index in [1.807, 2.05) is 9.80 Å². The van der Waals surface area contributed by atoms with Crippen molar-refractivity contribution in [2.75, 3.05) is 33.2 Å². The van der Waals surface area contributed by atoms with Crippen molar-refractivity contribution in [2.45, 2.75) is 44.7 Å². The first-order valence-electron chi connectivity index (χ1n) is 7.86. The number of rotatable bonds is 1. The summed E-state index contributed by atoms with van der Waals surface area (Å²) in [6, 6.07) is 0.143. The number of hydrogen-bond donors (Lipinski definition) is 0. The molecule has 20 heavy (non-hydrogen) atoms. The van der Waals surface area contributed by atoms with Gasteiger partial charge in [-0.25, -0.2) is 0 Å². The van der Waals surface area contributed by atoms with E-state index in [-0.39, 0.29) is 17.9 Å². The van der Waals surface area contributed by atoms with E-state index in [0.717, 1.165) is 38.9 Å². The SMILES string of the molecule is CC1CN(C)CCC1N1CCC(=O)N2CCCC2C1=O. The second-order valence-corrected chi connectivity index (χ2v) is 6.62. The van der Waals surface area contributed by atoms with Crippen LogP contribution in [0.1, 0.15) is 32.6 Å². The topological polar surface area (TPSA) is 43.9 Å². The molecule has 5 heteroatoms. The average Bonchev–Trinajstić information content (AvgIpc) is 2.85. The first kappa shape index (κ1) is 13.9. The number of likely N-dealkylation sites (tertiary alicyclic amines) is 1. The number of amides is 2. The van der Waals surface area contributed by atoms with Gasteiger partial charge in [0, 0.05) is 32.1 Å². The van der Waals surface area contributed by atoms with Gasteiger partial charge in [0.1, 0.15) is 6.04 Å². The van der Waals surface area contributed by atoms with Crippen LogP contribution in [-0.4, -0.2) is 71.8 Å². The van der Waals surface area contributed by atoms with Crippen molar-refractivity contribution in [1.29, 1.82) is 0 Å². The van der Waals surface area contributed by atoms with Gasteiger partial charge in [0.25, 0.3) is 0 Å². The Morgan fingerprint density at radius 2 is 1.85 bits per heavy atom. The maximum absolute atomic E-state index is 12.8. The third-order valence-electron chi connectivity index (χ3n) is 5.17. The molecule has 0 spiro atoms. The molecule has 0 bridgehead atoms. The van der Waals surface area contributed by atoms with Crippen molar-refractivity contribution in [3.8, 4) is 0 Å². The molecule has 0 aromatic carbocycles. The van der Waals surface area contributed by atoms with E-state index in [1.54, 1.807) is 0 Å². The summed E-state index contributed by atoms with van der Waals surface area (Å²) in [6.07, 6.45) is 3.35. The van der Waals surface area contributed by atoms with Crippen molar-refractivity contribution < 1.29 is 9.59 Å². The van der Waals surface area contributed by atoms with E-state index in [1.165, 1.54) is 0 Å². The Morgan fingerprint density at radius 1 is 1.05 bits per heavy atom. The van der Waals surface area contributed by atoms with Crippen molar-refractivity contribution in [2.24, 2.45) is 5.92 Å². The van der Waals surface area contributed by atoms with Crippen LogP contribution in [0, 0.1) is 5.92 Å². The van der Waals surface area contributed by atoms with Crippen LogP contribution in [0.4, 0.5) is 0 Å². The van der Waals surface area contributed by atoms with Crippen LogP contribution in [0.5, 0.6) is 0 Å². The molecule has 0 saturated carbocycles. The summed E-state index contributed by atoms with van der Waals surface area (Å²) in [4.78, 5) is 31.1.